The zero-order valence-electron chi connectivity index (χ0n) is 6.90. The summed E-state index contributed by atoms with van der Waals surface area (Å²) in [6.45, 7) is 4.97. The van der Waals surface area contributed by atoms with Crippen LogP contribution in [0.4, 0.5) is 4.79 Å². The van der Waals surface area contributed by atoms with Gasteiger partial charge in [0, 0.05) is 13.6 Å². The molecule has 0 saturated carbocycles. The maximum Gasteiger partial charge on any atom is 0.314 e. The Labute approximate surface area is 62.2 Å². The Morgan fingerprint density at radius 1 is 1.60 bits per heavy atom. The monoisotopic (exact) mass is 144 g/mol. The molecular formula is C7H16N2O. The summed E-state index contributed by atoms with van der Waals surface area (Å²) in [5, 5.41) is 5.23. The summed E-state index contributed by atoms with van der Waals surface area (Å²) in [5.74, 6) is 0.567. The number of amides is 2. The standard InChI is InChI=1S/C7H16N2O/c1-4-6(2)5-9-7(10)8-3/h6H,4-5H2,1-3H3,(H2,8,9,10). The summed E-state index contributed by atoms with van der Waals surface area (Å²) in [4.78, 5) is 10.6. The highest BCUT2D eigenvalue weighted by atomic mass is 16.2. The van der Waals surface area contributed by atoms with Crippen molar-refractivity contribution in [1.29, 1.82) is 0 Å². The second-order valence-electron chi connectivity index (χ2n) is 2.47. The van der Waals surface area contributed by atoms with E-state index in [9.17, 15) is 4.79 Å². The molecule has 0 aromatic rings. The van der Waals surface area contributed by atoms with Crippen molar-refractivity contribution >= 4 is 6.03 Å². The van der Waals surface area contributed by atoms with E-state index in [1.54, 1.807) is 7.05 Å². The van der Waals surface area contributed by atoms with Crippen LogP contribution in [-0.2, 0) is 0 Å². The normalized spacial score (nSPS) is 12.3. The van der Waals surface area contributed by atoms with Gasteiger partial charge in [-0.3, -0.25) is 0 Å². The van der Waals surface area contributed by atoms with Crippen LogP contribution >= 0.6 is 0 Å². The van der Waals surface area contributed by atoms with E-state index in [1.165, 1.54) is 0 Å². The Bertz CT molecular complexity index is 104. The fourth-order valence-electron chi connectivity index (χ4n) is 0.500. The fraction of sp³-hybridized carbons (Fsp3) is 0.857. The average Bonchev–Trinajstić information content (AvgIpc) is 1.99. The Hall–Kier alpha value is -0.730. The minimum Gasteiger partial charge on any atom is -0.341 e. The second-order valence-corrected chi connectivity index (χ2v) is 2.47. The zero-order valence-corrected chi connectivity index (χ0v) is 6.90. The molecule has 1 atom stereocenters. The average molecular weight is 144 g/mol. The van der Waals surface area contributed by atoms with Crippen molar-refractivity contribution in [1.82, 2.24) is 10.6 Å². The third-order valence-corrected chi connectivity index (χ3v) is 1.54. The molecule has 0 radical (unpaired) electrons. The van der Waals surface area contributed by atoms with Gasteiger partial charge in [0.25, 0.3) is 0 Å². The highest BCUT2D eigenvalue weighted by molar-refractivity contribution is 5.73. The molecule has 0 aromatic heterocycles. The van der Waals surface area contributed by atoms with E-state index in [0.717, 1.165) is 13.0 Å². The van der Waals surface area contributed by atoms with Crippen molar-refractivity contribution < 1.29 is 4.79 Å². The van der Waals surface area contributed by atoms with Gasteiger partial charge >= 0.3 is 6.03 Å². The van der Waals surface area contributed by atoms with Crippen LogP contribution in [0.3, 0.4) is 0 Å². The van der Waals surface area contributed by atoms with Crippen molar-refractivity contribution in [3.8, 4) is 0 Å². The number of hydrogen-bond donors (Lipinski definition) is 2. The van der Waals surface area contributed by atoms with Crippen LogP contribution < -0.4 is 10.6 Å². The lowest BCUT2D eigenvalue weighted by Gasteiger charge is -2.08. The minimum absolute atomic E-state index is 0.0969. The summed E-state index contributed by atoms with van der Waals surface area (Å²) in [6, 6.07) is -0.0969. The van der Waals surface area contributed by atoms with Gasteiger partial charge in [-0.25, -0.2) is 4.79 Å². The molecular weight excluding hydrogens is 128 g/mol. The molecule has 0 saturated heterocycles. The van der Waals surface area contributed by atoms with Crippen LogP contribution in [-0.4, -0.2) is 19.6 Å². The fourth-order valence-corrected chi connectivity index (χ4v) is 0.500. The molecule has 3 nitrogen and oxygen atoms in total. The highest BCUT2D eigenvalue weighted by Crippen LogP contribution is 1.96. The van der Waals surface area contributed by atoms with Gasteiger partial charge in [-0.2, -0.15) is 0 Å². The van der Waals surface area contributed by atoms with Crippen LogP contribution in [0.25, 0.3) is 0 Å². The van der Waals surface area contributed by atoms with E-state index in [1.807, 2.05) is 0 Å². The number of carbonyl (C=O) groups excluding carboxylic acids is 1. The van der Waals surface area contributed by atoms with E-state index in [-0.39, 0.29) is 6.03 Å². The molecule has 0 fully saturated rings. The van der Waals surface area contributed by atoms with E-state index in [0.29, 0.717) is 5.92 Å². The third-order valence-electron chi connectivity index (χ3n) is 1.54. The third kappa shape index (κ3) is 4.18. The first kappa shape index (κ1) is 9.27. The number of nitrogens with one attached hydrogen (secondary N) is 2. The van der Waals surface area contributed by atoms with Crippen molar-refractivity contribution in [2.75, 3.05) is 13.6 Å². The molecule has 0 bridgehead atoms. The van der Waals surface area contributed by atoms with Crippen LogP contribution in [0, 0.1) is 5.92 Å². The predicted molar refractivity (Wildman–Crippen MR) is 41.9 cm³/mol. The highest BCUT2D eigenvalue weighted by Gasteiger charge is 1.99. The number of carbonyl (C=O) groups is 1. The van der Waals surface area contributed by atoms with Crippen LogP contribution in [0.5, 0.6) is 0 Å². The number of rotatable bonds is 3. The maximum absolute atomic E-state index is 10.6. The van der Waals surface area contributed by atoms with Crippen LogP contribution in [0.2, 0.25) is 0 Å². The van der Waals surface area contributed by atoms with Gasteiger partial charge in [0.1, 0.15) is 0 Å². The quantitative estimate of drug-likeness (QED) is 0.608. The molecule has 2 N–H and O–H groups in total. The summed E-state index contributed by atoms with van der Waals surface area (Å²) in [5.41, 5.74) is 0. The van der Waals surface area contributed by atoms with Crippen LogP contribution in [0.15, 0.2) is 0 Å². The minimum atomic E-state index is -0.0969. The summed E-state index contributed by atoms with van der Waals surface area (Å²) in [7, 11) is 1.62. The van der Waals surface area contributed by atoms with Gasteiger partial charge in [-0.05, 0) is 5.92 Å². The Morgan fingerprint density at radius 2 is 2.20 bits per heavy atom. The second kappa shape index (κ2) is 5.09. The number of hydrogen-bond acceptors (Lipinski definition) is 1. The lowest BCUT2D eigenvalue weighted by atomic mass is 10.1. The number of urea groups is 1. The Balaban J connectivity index is 3.26. The Morgan fingerprint density at radius 3 is 2.60 bits per heavy atom. The molecule has 0 rings (SSSR count). The topological polar surface area (TPSA) is 41.1 Å². The van der Waals surface area contributed by atoms with Crippen molar-refractivity contribution in [2.24, 2.45) is 5.92 Å². The van der Waals surface area contributed by atoms with Gasteiger partial charge in [-0.1, -0.05) is 20.3 Å². The molecule has 0 aliphatic carbocycles. The molecule has 0 aromatic carbocycles. The summed E-state index contributed by atoms with van der Waals surface area (Å²) in [6.07, 6.45) is 1.10. The maximum atomic E-state index is 10.6. The van der Waals surface area contributed by atoms with Crippen molar-refractivity contribution in [3.05, 3.63) is 0 Å². The molecule has 3 heteroatoms. The van der Waals surface area contributed by atoms with Gasteiger partial charge in [-0.15, -0.1) is 0 Å². The lowest BCUT2D eigenvalue weighted by Crippen LogP contribution is -2.35. The molecule has 0 heterocycles. The van der Waals surface area contributed by atoms with E-state index in [4.69, 9.17) is 0 Å². The van der Waals surface area contributed by atoms with Crippen LogP contribution in [0.1, 0.15) is 20.3 Å². The molecule has 1 unspecified atom stereocenters. The SMILES string of the molecule is CCC(C)CNC(=O)NC. The van der Waals surface area contributed by atoms with Gasteiger partial charge in [0.05, 0.1) is 0 Å². The molecule has 0 aliphatic rings. The molecule has 10 heavy (non-hydrogen) atoms. The largest absolute Gasteiger partial charge is 0.341 e. The first-order valence-corrected chi connectivity index (χ1v) is 3.66. The Kier molecular flexibility index (Phi) is 4.72. The van der Waals surface area contributed by atoms with Gasteiger partial charge in [0.15, 0.2) is 0 Å². The van der Waals surface area contributed by atoms with Crippen molar-refractivity contribution in [2.45, 2.75) is 20.3 Å². The molecule has 0 aliphatic heterocycles. The van der Waals surface area contributed by atoms with E-state index >= 15 is 0 Å². The van der Waals surface area contributed by atoms with Gasteiger partial charge < -0.3 is 10.6 Å². The lowest BCUT2D eigenvalue weighted by molar-refractivity contribution is 0.241. The molecule has 60 valence electrons. The summed E-state index contributed by atoms with van der Waals surface area (Å²) >= 11 is 0. The first-order chi connectivity index (χ1) is 4.70. The van der Waals surface area contributed by atoms with Gasteiger partial charge in [0.2, 0.25) is 0 Å². The molecule has 0 spiro atoms. The summed E-state index contributed by atoms with van der Waals surface area (Å²) < 4.78 is 0. The smallest absolute Gasteiger partial charge is 0.314 e. The zero-order chi connectivity index (χ0) is 7.98. The predicted octanol–water partition coefficient (Wildman–Crippen LogP) is 0.961. The first-order valence-electron chi connectivity index (χ1n) is 3.66. The van der Waals surface area contributed by atoms with E-state index in [2.05, 4.69) is 24.5 Å². The van der Waals surface area contributed by atoms with Crippen molar-refractivity contribution in [3.63, 3.8) is 0 Å². The van der Waals surface area contributed by atoms with E-state index < -0.39 is 0 Å². The molecule has 2 amide bonds.